The van der Waals surface area contributed by atoms with Crippen molar-refractivity contribution >= 4 is 5.95 Å². The smallest absolute Gasteiger partial charge is 0.203 e. The van der Waals surface area contributed by atoms with Gasteiger partial charge in [-0.1, -0.05) is 39.0 Å². The van der Waals surface area contributed by atoms with E-state index in [2.05, 4.69) is 29.9 Å². The molecule has 2 unspecified atom stereocenters. The molecular formula is C17H29N3. The molecule has 2 atom stereocenters. The number of hydrogen-bond donors (Lipinski definition) is 1. The van der Waals surface area contributed by atoms with Crippen LogP contribution in [0, 0.1) is 18.8 Å². The number of imidazole rings is 1. The Morgan fingerprint density at radius 1 is 1.15 bits per heavy atom. The molecule has 1 aromatic rings. The first-order valence-corrected chi connectivity index (χ1v) is 8.52. The molecule has 0 bridgehead atoms. The van der Waals surface area contributed by atoms with Gasteiger partial charge in [0.2, 0.25) is 5.95 Å². The Labute approximate surface area is 123 Å². The second-order valence-corrected chi connectivity index (χ2v) is 7.01. The second kappa shape index (κ2) is 6.19. The second-order valence-electron chi connectivity index (χ2n) is 7.01. The number of nitrogens with zero attached hydrogens (tertiary/aromatic N) is 2. The lowest BCUT2D eigenvalue weighted by Crippen LogP contribution is -2.24. The largest absolute Gasteiger partial charge is 0.353 e. The van der Waals surface area contributed by atoms with Crippen LogP contribution in [0.1, 0.15) is 64.0 Å². The van der Waals surface area contributed by atoms with Gasteiger partial charge in [0.15, 0.2) is 0 Å². The maximum atomic E-state index is 4.72. The minimum atomic E-state index is 0.652. The van der Waals surface area contributed by atoms with Gasteiger partial charge in [-0.15, -0.1) is 0 Å². The highest BCUT2D eigenvalue weighted by molar-refractivity contribution is 5.30. The molecule has 2 aliphatic rings. The summed E-state index contributed by atoms with van der Waals surface area (Å²) in [6.07, 6.45) is 13.2. The molecular weight excluding hydrogens is 246 g/mol. The minimum absolute atomic E-state index is 0.652. The molecule has 2 aliphatic carbocycles. The van der Waals surface area contributed by atoms with Crippen molar-refractivity contribution in [1.29, 1.82) is 0 Å². The first-order chi connectivity index (χ1) is 9.72. The van der Waals surface area contributed by atoms with Crippen molar-refractivity contribution < 1.29 is 0 Å². The fourth-order valence-electron chi connectivity index (χ4n) is 3.97. The SMILES string of the molecule is Cc1cn(CC2CCCCC2C)c(NC2CCCC2)n1. The van der Waals surface area contributed by atoms with E-state index in [1.807, 2.05) is 0 Å². The summed E-state index contributed by atoms with van der Waals surface area (Å²) in [4.78, 5) is 4.72. The van der Waals surface area contributed by atoms with Gasteiger partial charge in [-0.05, 0) is 38.0 Å². The van der Waals surface area contributed by atoms with E-state index < -0.39 is 0 Å². The molecule has 1 aromatic heterocycles. The molecule has 1 heterocycles. The van der Waals surface area contributed by atoms with Gasteiger partial charge < -0.3 is 9.88 Å². The molecule has 0 spiro atoms. The summed E-state index contributed by atoms with van der Waals surface area (Å²) in [5.74, 6) is 2.82. The Bertz CT molecular complexity index is 431. The summed E-state index contributed by atoms with van der Waals surface area (Å²) < 4.78 is 2.39. The third-order valence-corrected chi connectivity index (χ3v) is 5.31. The molecule has 112 valence electrons. The molecule has 3 rings (SSSR count). The van der Waals surface area contributed by atoms with Crippen molar-refractivity contribution in [3.8, 4) is 0 Å². The average molecular weight is 275 g/mol. The van der Waals surface area contributed by atoms with Gasteiger partial charge in [-0.25, -0.2) is 4.98 Å². The van der Waals surface area contributed by atoms with E-state index in [9.17, 15) is 0 Å². The quantitative estimate of drug-likeness (QED) is 0.884. The summed E-state index contributed by atoms with van der Waals surface area (Å²) in [5.41, 5.74) is 1.15. The van der Waals surface area contributed by atoms with Crippen LogP contribution in [0.5, 0.6) is 0 Å². The first-order valence-electron chi connectivity index (χ1n) is 8.52. The topological polar surface area (TPSA) is 29.9 Å². The fourth-order valence-corrected chi connectivity index (χ4v) is 3.97. The van der Waals surface area contributed by atoms with Crippen molar-refractivity contribution in [3.63, 3.8) is 0 Å². The summed E-state index contributed by atoms with van der Waals surface area (Å²) >= 11 is 0. The Kier molecular flexibility index (Phi) is 4.32. The van der Waals surface area contributed by atoms with Crippen LogP contribution < -0.4 is 5.32 Å². The van der Waals surface area contributed by atoms with Gasteiger partial charge in [-0.2, -0.15) is 0 Å². The first kappa shape index (κ1) is 14.0. The zero-order valence-electron chi connectivity index (χ0n) is 13.1. The van der Waals surface area contributed by atoms with E-state index in [-0.39, 0.29) is 0 Å². The van der Waals surface area contributed by atoms with Crippen molar-refractivity contribution in [2.24, 2.45) is 11.8 Å². The number of rotatable bonds is 4. The van der Waals surface area contributed by atoms with Crippen molar-refractivity contribution in [2.75, 3.05) is 5.32 Å². The van der Waals surface area contributed by atoms with Gasteiger partial charge in [-0.3, -0.25) is 0 Å². The summed E-state index contributed by atoms with van der Waals surface area (Å²) in [5, 5.41) is 3.69. The van der Waals surface area contributed by atoms with E-state index in [4.69, 9.17) is 4.98 Å². The van der Waals surface area contributed by atoms with E-state index in [1.54, 1.807) is 0 Å². The highest BCUT2D eigenvalue weighted by Crippen LogP contribution is 2.32. The molecule has 2 fully saturated rings. The number of aromatic nitrogens is 2. The maximum Gasteiger partial charge on any atom is 0.203 e. The van der Waals surface area contributed by atoms with Crippen LogP contribution in [0.25, 0.3) is 0 Å². The van der Waals surface area contributed by atoms with Crippen molar-refractivity contribution in [2.45, 2.75) is 77.8 Å². The monoisotopic (exact) mass is 275 g/mol. The molecule has 2 saturated carbocycles. The molecule has 0 aliphatic heterocycles. The van der Waals surface area contributed by atoms with Gasteiger partial charge >= 0.3 is 0 Å². The fraction of sp³-hybridized carbons (Fsp3) is 0.824. The van der Waals surface area contributed by atoms with Gasteiger partial charge in [0.25, 0.3) is 0 Å². The third kappa shape index (κ3) is 3.18. The van der Waals surface area contributed by atoms with Gasteiger partial charge in [0.05, 0.1) is 5.69 Å². The van der Waals surface area contributed by atoms with Crippen LogP contribution in [0.4, 0.5) is 5.95 Å². The minimum Gasteiger partial charge on any atom is -0.353 e. The maximum absolute atomic E-state index is 4.72. The predicted molar refractivity (Wildman–Crippen MR) is 84.0 cm³/mol. The van der Waals surface area contributed by atoms with Crippen LogP contribution in [0.2, 0.25) is 0 Å². The molecule has 0 saturated heterocycles. The lowest BCUT2D eigenvalue weighted by atomic mass is 9.80. The zero-order chi connectivity index (χ0) is 13.9. The van der Waals surface area contributed by atoms with Gasteiger partial charge in [0, 0.05) is 18.8 Å². The summed E-state index contributed by atoms with van der Waals surface area (Å²) in [7, 11) is 0. The number of anilines is 1. The van der Waals surface area contributed by atoms with Crippen LogP contribution in [0.15, 0.2) is 6.20 Å². The van der Waals surface area contributed by atoms with Crippen molar-refractivity contribution in [3.05, 3.63) is 11.9 Å². The van der Waals surface area contributed by atoms with Crippen molar-refractivity contribution in [1.82, 2.24) is 9.55 Å². The van der Waals surface area contributed by atoms with Crippen LogP contribution >= 0.6 is 0 Å². The molecule has 0 amide bonds. The number of nitrogens with one attached hydrogen (secondary N) is 1. The number of hydrogen-bond acceptors (Lipinski definition) is 2. The summed E-state index contributed by atoms with van der Waals surface area (Å²) in [6.45, 7) is 5.69. The highest BCUT2D eigenvalue weighted by Gasteiger charge is 2.23. The van der Waals surface area contributed by atoms with E-state index in [1.165, 1.54) is 51.4 Å². The van der Waals surface area contributed by atoms with E-state index >= 15 is 0 Å². The Morgan fingerprint density at radius 3 is 2.60 bits per heavy atom. The standard InChI is InChI=1S/C17H29N3/c1-13-7-3-4-8-15(13)12-20-11-14(2)18-17(20)19-16-9-5-6-10-16/h11,13,15-16H,3-10,12H2,1-2H3,(H,18,19). The Balaban J connectivity index is 1.68. The van der Waals surface area contributed by atoms with Crippen LogP contribution in [0.3, 0.4) is 0 Å². The van der Waals surface area contributed by atoms with Crippen LogP contribution in [-0.4, -0.2) is 15.6 Å². The predicted octanol–water partition coefficient (Wildman–Crippen LogP) is 4.37. The normalized spacial score (nSPS) is 27.9. The lowest BCUT2D eigenvalue weighted by molar-refractivity contribution is 0.229. The van der Waals surface area contributed by atoms with E-state index in [0.717, 1.165) is 30.0 Å². The summed E-state index contributed by atoms with van der Waals surface area (Å²) in [6, 6.07) is 0.652. The average Bonchev–Trinajstić information content (AvgIpc) is 3.03. The number of aryl methyl sites for hydroxylation is 1. The Hall–Kier alpha value is -0.990. The Morgan fingerprint density at radius 2 is 1.85 bits per heavy atom. The molecule has 3 nitrogen and oxygen atoms in total. The molecule has 20 heavy (non-hydrogen) atoms. The third-order valence-electron chi connectivity index (χ3n) is 5.31. The lowest BCUT2D eigenvalue weighted by Gasteiger charge is -2.29. The zero-order valence-corrected chi connectivity index (χ0v) is 13.1. The van der Waals surface area contributed by atoms with E-state index in [0.29, 0.717) is 6.04 Å². The molecule has 0 radical (unpaired) electrons. The highest BCUT2D eigenvalue weighted by atomic mass is 15.2. The molecule has 3 heteroatoms. The molecule has 1 N–H and O–H groups in total. The van der Waals surface area contributed by atoms with Crippen LogP contribution in [-0.2, 0) is 6.54 Å². The van der Waals surface area contributed by atoms with Gasteiger partial charge in [0.1, 0.15) is 0 Å². The molecule has 0 aromatic carbocycles.